The number of ether oxygens (including phenoxy) is 1. The number of nitrogens with zero attached hydrogens (tertiary/aromatic N) is 2. The number of carboxylic acid groups (broad SMARTS) is 1. The molecule has 2 rings (SSSR count). The summed E-state index contributed by atoms with van der Waals surface area (Å²) in [5, 5.41) is 20.0. The zero-order valence-corrected chi connectivity index (χ0v) is 12.1. The van der Waals surface area contributed by atoms with Gasteiger partial charge in [0.1, 0.15) is 12.2 Å². The lowest BCUT2D eigenvalue weighted by atomic mass is 10.2. The molecule has 1 aromatic carbocycles. The van der Waals surface area contributed by atoms with E-state index < -0.39 is 10.9 Å². The number of carboxylic acids is 1. The fraction of sp³-hybridized carbons (Fsp3) is 0.0769. The molecule has 2 aromatic rings. The number of carbonyl (C=O) groups is 1. The number of hydrogen-bond acceptors (Lipinski definition) is 5. The third kappa shape index (κ3) is 3.54. The number of nitro benzene ring substituents is 1. The average Bonchev–Trinajstić information content (AvgIpc) is 2.46. The first-order chi connectivity index (χ1) is 9.99. The van der Waals surface area contributed by atoms with E-state index in [1.54, 1.807) is 12.1 Å². The Morgan fingerprint density at radius 1 is 1.43 bits per heavy atom. The van der Waals surface area contributed by atoms with E-state index in [-0.39, 0.29) is 23.6 Å². The van der Waals surface area contributed by atoms with Gasteiger partial charge in [-0.25, -0.2) is 4.79 Å². The maximum Gasteiger partial charge on any atom is 0.339 e. The highest BCUT2D eigenvalue weighted by molar-refractivity contribution is 9.10. The Morgan fingerprint density at radius 2 is 2.19 bits per heavy atom. The van der Waals surface area contributed by atoms with Gasteiger partial charge in [0.25, 0.3) is 5.69 Å². The van der Waals surface area contributed by atoms with Gasteiger partial charge in [-0.05, 0) is 18.2 Å². The van der Waals surface area contributed by atoms with Crippen molar-refractivity contribution >= 4 is 27.6 Å². The molecule has 0 saturated heterocycles. The lowest BCUT2D eigenvalue weighted by Gasteiger charge is -2.09. The molecule has 8 heteroatoms. The van der Waals surface area contributed by atoms with Crippen LogP contribution in [-0.4, -0.2) is 21.0 Å². The SMILES string of the molecule is O=C(O)c1ccncc1OCc1ccc(Br)cc1[N+](=O)[O-]. The molecule has 0 unspecified atom stereocenters. The van der Waals surface area contributed by atoms with Gasteiger partial charge in [-0.1, -0.05) is 15.9 Å². The van der Waals surface area contributed by atoms with Crippen molar-refractivity contribution in [2.45, 2.75) is 6.61 Å². The summed E-state index contributed by atoms with van der Waals surface area (Å²) in [7, 11) is 0. The first-order valence-electron chi connectivity index (χ1n) is 5.72. The van der Waals surface area contributed by atoms with Crippen LogP contribution in [0.2, 0.25) is 0 Å². The number of rotatable bonds is 5. The van der Waals surface area contributed by atoms with Crippen molar-refractivity contribution in [1.29, 1.82) is 0 Å². The molecular weight excluding hydrogens is 344 g/mol. The third-order valence-corrected chi connectivity index (χ3v) is 3.14. The van der Waals surface area contributed by atoms with Crippen LogP contribution in [0.5, 0.6) is 5.75 Å². The monoisotopic (exact) mass is 352 g/mol. The Hall–Kier alpha value is -2.48. The van der Waals surface area contributed by atoms with Gasteiger partial charge in [-0.3, -0.25) is 15.1 Å². The minimum absolute atomic E-state index is 0.0511. The summed E-state index contributed by atoms with van der Waals surface area (Å²) in [6, 6.07) is 5.85. The molecule has 0 fully saturated rings. The van der Waals surface area contributed by atoms with Crippen LogP contribution in [0.25, 0.3) is 0 Å². The van der Waals surface area contributed by atoms with E-state index in [0.717, 1.165) is 0 Å². The van der Waals surface area contributed by atoms with Gasteiger partial charge in [0.05, 0.1) is 16.7 Å². The molecule has 0 bridgehead atoms. The molecule has 0 amide bonds. The average molecular weight is 353 g/mol. The van der Waals surface area contributed by atoms with E-state index in [2.05, 4.69) is 20.9 Å². The smallest absolute Gasteiger partial charge is 0.339 e. The third-order valence-electron chi connectivity index (χ3n) is 2.64. The Balaban J connectivity index is 2.25. The Kier molecular flexibility index (Phi) is 4.49. The lowest BCUT2D eigenvalue weighted by molar-refractivity contribution is -0.385. The number of hydrogen-bond donors (Lipinski definition) is 1. The number of benzene rings is 1. The van der Waals surface area contributed by atoms with Crippen molar-refractivity contribution in [3.63, 3.8) is 0 Å². The first-order valence-corrected chi connectivity index (χ1v) is 6.51. The number of nitro groups is 1. The predicted octanol–water partition coefficient (Wildman–Crippen LogP) is 3.03. The highest BCUT2D eigenvalue weighted by atomic mass is 79.9. The van der Waals surface area contributed by atoms with E-state index in [4.69, 9.17) is 9.84 Å². The van der Waals surface area contributed by atoms with E-state index in [0.29, 0.717) is 10.0 Å². The van der Waals surface area contributed by atoms with Gasteiger partial charge in [0.2, 0.25) is 0 Å². The topological polar surface area (TPSA) is 103 Å². The second kappa shape index (κ2) is 6.31. The fourth-order valence-electron chi connectivity index (χ4n) is 1.66. The second-order valence-electron chi connectivity index (χ2n) is 4.00. The Labute approximate surface area is 127 Å². The predicted molar refractivity (Wildman–Crippen MR) is 76.3 cm³/mol. The molecule has 1 aromatic heterocycles. The minimum Gasteiger partial charge on any atom is -0.486 e. The molecule has 1 heterocycles. The summed E-state index contributed by atoms with van der Waals surface area (Å²) >= 11 is 3.16. The van der Waals surface area contributed by atoms with Crippen LogP contribution in [-0.2, 0) is 6.61 Å². The Morgan fingerprint density at radius 3 is 2.86 bits per heavy atom. The van der Waals surface area contributed by atoms with Crippen LogP contribution >= 0.6 is 15.9 Å². The van der Waals surface area contributed by atoms with Crippen LogP contribution in [0.1, 0.15) is 15.9 Å². The number of pyridine rings is 1. The summed E-state index contributed by atoms with van der Waals surface area (Å²) in [6.45, 7) is -0.129. The van der Waals surface area contributed by atoms with Crippen molar-refractivity contribution in [2.24, 2.45) is 0 Å². The molecule has 7 nitrogen and oxygen atoms in total. The van der Waals surface area contributed by atoms with Crippen LogP contribution in [0.3, 0.4) is 0 Å². The molecule has 0 aliphatic heterocycles. The molecule has 0 atom stereocenters. The minimum atomic E-state index is -1.15. The lowest BCUT2D eigenvalue weighted by Crippen LogP contribution is -2.05. The molecule has 0 aliphatic rings. The van der Waals surface area contributed by atoms with Gasteiger partial charge in [-0.2, -0.15) is 0 Å². The molecule has 108 valence electrons. The summed E-state index contributed by atoms with van der Waals surface area (Å²) < 4.78 is 5.93. The zero-order valence-electron chi connectivity index (χ0n) is 10.5. The van der Waals surface area contributed by atoms with Gasteiger partial charge in [0.15, 0.2) is 5.75 Å². The van der Waals surface area contributed by atoms with Crippen molar-refractivity contribution in [2.75, 3.05) is 0 Å². The zero-order chi connectivity index (χ0) is 15.4. The highest BCUT2D eigenvalue weighted by Crippen LogP contribution is 2.25. The van der Waals surface area contributed by atoms with Crippen LogP contribution in [0, 0.1) is 10.1 Å². The Bertz CT molecular complexity index is 705. The fourth-order valence-corrected chi connectivity index (χ4v) is 2.01. The maximum atomic E-state index is 11.0. The largest absolute Gasteiger partial charge is 0.486 e. The van der Waals surface area contributed by atoms with Crippen LogP contribution < -0.4 is 4.74 Å². The van der Waals surface area contributed by atoms with E-state index in [1.165, 1.54) is 24.5 Å². The molecular formula is C13H9BrN2O5. The summed E-state index contributed by atoms with van der Waals surface area (Å²) in [6.07, 6.45) is 2.59. The molecule has 0 saturated carbocycles. The van der Waals surface area contributed by atoms with Crippen molar-refractivity contribution in [3.05, 3.63) is 62.4 Å². The number of halogens is 1. The maximum absolute atomic E-state index is 11.0. The van der Waals surface area contributed by atoms with Gasteiger partial charge in [-0.15, -0.1) is 0 Å². The van der Waals surface area contributed by atoms with Crippen LogP contribution in [0.15, 0.2) is 41.1 Å². The molecule has 0 aliphatic carbocycles. The van der Waals surface area contributed by atoms with E-state index in [9.17, 15) is 14.9 Å². The summed E-state index contributed by atoms with van der Waals surface area (Å²) in [4.78, 5) is 25.3. The molecule has 0 radical (unpaired) electrons. The van der Waals surface area contributed by atoms with Gasteiger partial charge in [0, 0.05) is 16.7 Å². The molecule has 21 heavy (non-hydrogen) atoms. The normalized spacial score (nSPS) is 10.1. The van der Waals surface area contributed by atoms with Gasteiger partial charge < -0.3 is 9.84 Å². The second-order valence-corrected chi connectivity index (χ2v) is 4.91. The van der Waals surface area contributed by atoms with Crippen molar-refractivity contribution in [3.8, 4) is 5.75 Å². The standard InChI is InChI=1S/C13H9BrN2O5/c14-9-2-1-8(11(5-9)16(19)20)7-21-12-6-15-4-3-10(12)13(17)18/h1-6H,7H2,(H,17,18). The molecule has 1 N–H and O–H groups in total. The van der Waals surface area contributed by atoms with Crippen LogP contribution in [0.4, 0.5) is 5.69 Å². The van der Waals surface area contributed by atoms with E-state index in [1.807, 2.05) is 0 Å². The number of aromatic nitrogens is 1. The first kappa shape index (κ1) is 14.9. The van der Waals surface area contributed by atoms with Gasteiger partial charge >= 0.3 is 5.97 Å². The molecule has 0 spiro atoms. The summed E-state index contributed by atoms with van der Waals surface area (Å²) in [5.74, 6) is -1.10. The highest BCUT2D eigenvalue weighted by Gasteiger charge is 2.16. The van der Waals surface area contributed by atoms with Crippen molar-refractivity contribution < 1.29 is 19.6 Å². The number of aromatic carboxylic acids is 1. The quantitative estimate of drug-likeness (QED) is 0.655. The van der Waals surface area contributed by atoms with E-state index >= 15 is 0 Å². The van der Waals surface area contributed by atoms with Crippen molar-refractivity contribution in [1.82, 2.24) is 4.98 Å². The summed E-state index contributed by atoms with van der Waals surface area (Å²) in [5.41, 5.74) is 0.179.